The number of carbonyl (C=O) groups excluding carboxylic acids is 1. The van der Waals surface area contributed by atoms with Gasteiger partial charge in [-0.15, -0.1) is 0 Å². The molecule has 1 saturated carbocycles. The lowest BCUT2D eigenvalue weighted by atomic mass is 9.63. The zero-order chi connectivity index (χ0) is 12.0. The number of hydrogen-bond acceptors (Lipinski definition) is 3. The number of Topliss-reactive ketones (excluding diaryl/α,β-unsaturated/α-hetero) is 1. The molecule has 0 radical (unpaired) electrons. The SMILES string of the molecule is CO[C@@]1(C)C[C@@H]2C(=CO1)C(=O)CCC2(C)C. The minimum absolute atomic E-state index is 0.156. The van der Waals surface area contributed by atoms with Gasteiger partial charge in [0, 0.05) is 38.4 Å². The van der Waals surface area contributed by atoms with E-state index in [-0.39, 0.29) is 17.1 Å². The van der Waals surface area contributed by atoms with Crippen LogP contribution < -0.4 is 0 Å². The molecule has 1 aliphatic heterocycles. The first-order valence-corrected chi connectivity index (χ1v) is 5.84. The lowest BCUT2D eigenvalue weighted by Gasteiger charge is -2.46. The van der Waals surface area contributed by atoms with Crippen molar-refractivity contribution in [3.05, 3.63) is 11.8 Å². The van der Waals surface area contributed by atoms with Gasteiger partial charge >= 0.3 is 0 Å². The number of ketones is 1. The van der Waals surface area contributed by atoms with E-state index in [1.165, 1.54) is 0 Å². The third kappa shape index (κ3) is 1.77. The highest BCUT2D eigenvalue weighted by molar-refractivity contribution is 5.96. The summed E-state index contributed by atoms with van der Waals surface area (Å²) < 4.78 is 10.9. The summed E-state index contributed by atoms with van der Waals surface area (Å²) in [5.41, 5.74) is 1.01. The second-order valence-corrected chi connectivity index (χ2v) is 5.70. The Bertz CT molecular complexity index is 343. The number of methoxy groups -OCH3 is 1. The maximum atomic E-state index is 11.8. The first kappa shape index (κ1) is 11.6. The van der Waals surface area contributed by atoms with Crippen molar-refractivity contribution in [2.24, 2.45) is 11.3 Å². The van der Waals surface area contributed by atoms with Crippen molar-refractivity contribution in [3.8, 4) is 0 Å². The molecular weight excluding hydrogens is 204 g/mol. The number of ether oxygens (including phenoxy) is 2. The second-order valence-electron chi connectivity index (χ2n) is 5.70. The second kappa shape index (κ2) is 3.59. The first-order valence-electron chi connectivity index (χ1n) is 5.84. The van der Waals surface area contributed by atoms with Crippen molar-refractivity contribution in [1.29, 1.82) is 0 Å². The average molecular weight is 224 g/mol. The summed E-state index contributed by atoms with van der Waals surface area (Å²) in [6.45, 7) is 6.37. The fourth-order valence-corrected chi connectivity index (χ4v) is 2.64. The normalized spacial score (nSPS) is 37.4. The molecule has 3 nitrogen and oxygen atoms in total. The van der Waals surface area contributed by atoms with Crippen molar-refractivity contribution in [2.45, 2.75) is 45.8 Å². The highest BCUT2D eigenvalue weighted by atomic mass is 16.7. The van der Waals surface area contributed by atoms with Gasteiger partial charge in [0.05, 0.1) is 6.26 Å². The molecule has 2 rings (SSSR count). The highest BCUT2D eigenvalue weighted by Crippen LogP contribution is 2.48. The molecule has 1 heterocycles. The van der Waals surface area contributed by atoms with Gasteiger partial charge in [0.2, 0.25) is 5.79 Å². The Kier molecular flexibility index (Phi) is 2.61. The van der Waals surface area contributed by atoms with Crippen LogP contribution in [0, 0.1) is 11.3 Å². The fraction of sp³-hybridized carbons (Fsp3) is 0.769. The average Bonchev–Trinajstić information content (AvgIpc) is 2.24. The predicted molar refractivity (Wildman–Crippen MR) is 60.7 cm³/mol. The monoisotopic (exact) mass is 224 g/mol. The quantitative estimate of drug-likeness (QED) is 0.687. The van der Waals surface area contributed by atoms with Gasteiger partial charge in [-0.1, -0.05) is 13.8 Å². The van der Waals surface area contributed by atoms with E-state index in [2.05, 4.69) is 13.8 Å². The molecule has 2 atom stereocenters. The topological polar surface area (TPSA) is 35.5 Å². The van der Waals surface area contributed by atoms with Crippen molar-refractivity contribution in [3.63, 3.8) is 0 Å². The van der Waals surface area contributed by atoms with Gasteiger partial charge in [-0.2, -0.15) is 0 Å². The molecule has 0 saturated heterocycles. The van der Waals surface area contributed by atoms with Gasteiger partial charge in [0.15, 0.2) is 5.78 Å². The van der Waals surface area contributed by atoms with Crippen LogP contribution in [0.5, 0.6) is 0 Å². The standard InChI is InChI=1S/C13H20O3/c1-12(2)6-5-11(14)9-8-16-13(3,15-4)7-10(9)12/h8,10H,5-7H2,1-4H3/t10-,13-/m1/s1. The predicted octanol–water partition coefficient (Wildman–Crippen LogP) is 2.66. The van der Waals surface area contributed by atoms with E-state index in [1.807, 2.05) is 6.92 Å². The van der Waals surface area contributed by atoms with Gasteiger partial charge in [-0.25, -0.2) is 0 Å². The summed E-state index contributed by atoms with van der Waals surface area (Å²) in [6.07, 6.45) is 3.98. The molecule has 16 heavy (non-hydrogen) atoms. The van der Waals surface area contributed by atoms with Crippen LogP contribution in [0.4, 0.5) is 0 Å². The van der Waals surface area contributed by atoms with Gasteiger partial charge < -0.3 is 9.47 Å². The molecule has 1 fully saturated rings. The maximum Gasteiger partial charge on any atom is 0.207 e. The van der Waals surface area contributed by atoms with Crippen LogP contribution in [0.25, 0.3) is 0 Å². The molecule has 0 amide bonds. The van der Waals surface area contributed by atoms with Crippen molar-refractivity contribution >= 4 is 5.78 Å². The van der Waals surface area contributed by atoms with E-state index < -0.39 is 5.79 Å². The minimum Gasteiger partial charge on any atom is -0.470 e. The van der Waals surface area contributed by atoms with E-state index in [0.717, 1.165) is 18.4 Å². The lowest BCUT2D eigenvalue weighted by molar-refractivity contribution is -0.202. The van der Waals surface area contributed by atoms with Crippen LogP contribution >= 0.6 is 0 Å². The first-order chi connectivity index (χ1) is 7.38. The number of carbonyl (C=O) groups is 1. The van der Waals surface area contributed by atoms with Gasteiger partial charge in [-0.05, 0) is 11.8 Å². The Morgan fingerprint density at radius 2 is 2.12 bits per heavy atom. The Labute approximate surface area is 96.8 Å². The van der Waals surface area contributed by atoms with Crippen LogP contribution in [0.15, 0.2) is 11.8 Å². The van der Waals surface area contributed by atoms with E-state index in [9.17, 15) is 4.79 Å². The largest absolute Gasteiger partial charge is 0.470 e. The van der Waals surface area contributed by atoms with E-state index >= 15 is 0 Å². The molecule has 0 spiro atoms. The summed E-state index contributed by atoms with van der Waals surface area (Å²) in [6, 6.07) is 0. The van der Waals surface area contributed by atoms with Crippen LogP contribution in [0.2, 0.25) is 0 Å². The molecular formula is C13H20O3. The number of allylic oxidation sites excluding steroid dienone is 1. The number of fused-ring (bicyclic) bond motifs is 1. The molecule has 1 aliphatic carbocycles. The minimum atomic E-state index is -0.580. The summed E-state index contributed by atoms with van der Waals surface area (Å²) in [5, 5.41) is 0. The molecule has 2 aliphatic rings. The van der Waals surface area contributed by atoms with Gasteiger partial charge in [0.1, 0.15) is 0 Å². The van der Waals surface area contributed by atoms with E-state index in [1.54, 1.807) is 13.4 Å². The molecule has 0 aromatic rings. The van der Waals surface area contributed by atoms with Crippen LogP contribution in [0.3, 0.4) is 0 Å². The molecule has 0 bridgehead atoms. The smallest absolute Gasteiger partial charge is 0.207 e. The van der Waals surface area contributed by atoms with Crippen LogP contribution in [-0.4, -0.2) is 18.7 Å². The molecule has 0 aromatic heterocycles. The maximum absolute atomic E-state index is 11.8. The van der Waals surface area contributed by atoms with Crippen molar-refractivity contribution in [2.75, 3.05) is 7.11 Å². The zero-order valence-electron chi connectivity index (χ0n) is 10.5. The van der Waals surface area contributed by atoms with Crippen LogP contribution in [-0.2, 0) is 14.3 Å². The fourth-order valence-electron chi connectivity index (χ4n) is 2.64. The molecule has 0 N–H and O–H groups in total. The van der Waals surface area contributed by atoms with E-state index in [0.29, 0.717) is 6.42 Å². The molecule has 0 aromatic carbocycles. The summed E-state index contributed by atoms with van der Waals surface area (Å²) in [7, 11) is 1.65. The molecule has 0 unspecified atom stereocenters. The third-order valence-electron chi connectivity index (χ3n) is 4.08. The summed E-state index contributed by atoms with van der Waals surface area (Å²) >= 11 is 0. The summed E-state index contributed by atoms with van der Waals surface area (Å²) in [4.78, 5) is 11.8. The third-order valence-corrected chi connectivity index (χ3v) is 4.08. The highest BCUT2D eigenvalue weighted by Gasteiger charge is 2.46. The van der Waals surface area contributed by atoms with E-state index in [4.69, 9.17) is 9.47 Å². The number of rotatable bonds is 1. The lowest BCUT2D eigenvalue weighted by Crippen LogP contribution is -2.44. The summed E-state index contributed by atoms with van der Waals surface area (Å²) in [5.74, 6) is -0.0850. The zero-order valence-corrected chi connectivity index (χ0v) is 10.5. The van der Waals surface area contributed by atoms with Gasteiger partial charge in [0.25, 0.3) is 0 Å². The molecule has 3 heteroatoms. The Morgan fingerprint density at radius 3 is 2.75 bits per heavy atom. The Balaban J connectivity index is 2.34. The Morgan fingerprint density at radius 1 is 1.44 bits per heavy atom. The molecule has 90 valence electrons. The van der Waals surface area contributed by atoms with Crippen molar-refractivity contribution in [1.82, 2.24) is 0 Å². The van der Waals surface area contributed by atoms with Gasteiger partial charge in [-0.3, -0.25) is 4.79 Å². The Hall–Kier alpha value is -0.830. The van der Waals surface area contributed by atoms with Crippen LogP contribution in [0.1, 0.15) is 40.0 Å². The van der Waals surface area contributed by atoms with Crippen molar-refractivity contribution < 1.29 is 14.3 Å². The number of hydrogen-bond donors (Lipinski definition) is 0.